The molecule has 3 aromatic rings. The van der Waals surface area contributed by atoms with Crippen molar-refractivity contribution in [2.45, 2.75) is 5.03 Å². The number of pyridine rings is 1. The zero-order valence-electron chi connectivity index (χ0n) is 21.2. The molecule has 0 saturated carbocycles. The third-order valence-electron chi connectivity index (χ3n) is 5.03. The number of nitrogens with zero attached hydrogens (tertiary/aromatic N) is 1. The highest BCUT2D eigenvalue weighted by Crippen LogP contribution is 2.30. The van der Waals surface area contributed by atoms with Crippen molar-refractivity contribution in [3.8, 4) is 23.0 Å². The van der Waals surface area contributed by atoms with Crippen molar-refractivity contribution < 1.29 is 38.1 Å². The number of ether oxygens (including phenoxy) is 5. The molecule has 200 valence electrons. The summed E-state index contributed by atoms with van der Waals surface area (Å²) >= 11 is 1.05. The van der Waals surface area contributed by atoms with Crippen LogP contribution in [0.4, 0.5) is 11.4 Å². The quantitative estimate of drug-likeness (QED) is 0.258. The minimum atomic E-state index is -0.761. The van der Waals surface area contributed by atoms with Crippen LogP contribution in [-0.4, -0.2) is 63.6 Å². The SMILES string of the molecule is COc1ccc(OC)c(NC(=O)COC(=O)c2cccnc2SCC(=O)Nc2cc(OC)ccc2OC)c1. The minimum absolute atomic E-state index is 0.0478. The van der Waals surface area contributed by atoms with Gasteiger partial charge < -0.3 is 34.3 Å². The number of esters is 1. The van der Waals surface area contributed by atoms with E-state index < -0.39 is 18.5 Å². The summed E-state index contributed by atoms with van der Waals surface area (Å²) in [5.41, 5.74) is 0.928. The Morgan fingerprint density at radius 2 is 1.37 bits per heavy atom. The number of anilines is 2. The van der Waals surface area contributed by atoms with Crippen molar-refractivity contribution in [3.63, 3.8) is 0 Å². The lowest BCUT2D eigenvalue weighted by molar-refractivity contribution is -0.119. The monoisotopic (exact) mass is 541 g/mol. The Kier molecular flexibility index (Phi) is 10.2. The number of nitrogens with one attached hydrogen (secondary N) is 2. The third kappa shape index (κ3) is 7.53. The second-order valence-electron chi connectivity index (χ2n) is 7.45. The van der Waals surface area contributed by atoms with Gasteiger partial charge in [-0.05, 0) is 36.4 Å². The molecule has 12 heteroatoms. The molecule has 0 spiro atoms. The van der Waals surface area contributed by atoms with Crippen molar-refractivity contribution >= 4 is 40.9 Å². The fourth-order valence-corrected chi connectivity index (χ4v) is 3.98. The first kappa shape index (κ1) is 28.1. The van der Waals surface area contributed by atoms with Crippen LogP contribution in [0.15, 0.2) is 59.8 Å². The van der Waals surface area contributed by atoms with Gasteiger partial charge in [-0.1, -0.05) is 11.8 Å². The summed E-state index contributed by atoms with van der Waals surface area (Å²) < 4.78 is 26.0. The van der Waals surface area contributed by atoms with E-state index in [2.05, 4.69) is 15.6 Å². The van der Waals surface area contributed by atoms with E-state index in [1.165, 1.54) is 40.7 Å². The van der Waals surface area contributed by atoms with Crippen LogP contribution in [0.1, 0.15) is 10.4 Å². The van der Waals surface area contributed by atoms with E-state index in [0.29, 0.717) is 34.4 Å². The molecule has 0 saturated heterocycles. The molecule has 0 fully saturated rings. The number of hydrogen-bond donors (Lipinski definition) is 2. The molecule has 0 aliphatic heterocycles. The molecule has 0 atom stereocenters. The minimum Gasteiger partial charge on any atom is -0.497 e. The average Bonchev–Trinajstić information content (AvgIpc) is 2.94. The molecule has 0 aliphatic carbocycles. The first-order valence-electron chi connectivity index (χ1n) is 11.2. The van der Waals surface area contributed by atoms with Gasteiger partial charge in [0, 0.05) is 18.3 Å². The molecule has 1 heterocycles. The first-order valence-corrected chi connectivity index (χ1v) is 12.2. The van der Waals surface area contributed by atoms with Crippen LogP contribution >= 0.6 is 11.8 Å². The molecular weight excluding hydrogens is 514 g/mol. The summed E-state index contributed by atoms with van der Waals surface area (Å²) in [6, 6.07) is 13.0. The molecule has 0 radical (unpaired) electrons. The number of methoxy groups -OCH3 is 4. The van der Waals surface area contributed by atoms with E-state index in [-0.39, 0.29) is 22.2 Å². The maximum atomic E-state index is 12.7. The van der Waals surface area contributed by atoms with Crippen molar-refractivity contribution in [1.29, 1.82) is 0 Å². The van der Waals surface area contributed by atoms with Crippen molar-refractivity contribution in [2.24, 2.45) is 0 Å². The van der Waals surface area contributed by atoms with E-state index in [1.54, 1.807) is 42.5 Å². The Morgan fingerprint density at radius 1 is 0.789 bits per heavy atom. The highest BCUT2D eigenvalue weighted by molar-refractivity contribution is 8.00. The summed E-state index contributed by atoms with van der Waals surface area (Å²) in [5, 5.41) is 5.66. The van der Waals surface area contributed by atoms with Crippen LogP contribution in [0.2, 0.25) is 0 Å². The first-order chi connectivity index (χ1) is 18.4. The molecule has 2 N–H and O–H groups in total. The maximum absolute atomic E-state index is 12.7. The van der Waals surface area contributed by atoms with Gasteiger partial charge >= 0.3 is 5.97 Å². The number of rotatable bonds is 12. The van der Waals surface area contributed by atoms with Gasteiger partial charge in [0.05, 0.1) is 51.1 Å². The maximum Gasteiger partial charge on any atom is 0.341 e. The molecule has 0 aliphatic rings. The van der Waals surface area contributed by atoms with E-state index in [1.807, 2.05) is 0 Å². The Balaban J connectivity index is 1.59. The number of carbonyl (C=O) groups is 3. The van der Waals surface area contributed by atoms with Crippen LogP contribution in [0.25, 0.3) is 0 Å². The van der Waals surface area contributed by atoms with Gasteiger partial charge in [0.15, 0.2) is 6.61 Å². The fourth-order valence-electron chi connectivity index (χ4n) is 3.20. The zero-order valence-corrected chi connectivity index (χ0v) is 22.0. The topological polar surface area (TPSA) is 134 Å². The third-order valence-corrected chi connectivity index (χ3v) is 6.03. The lowest BCUT2D eigenvalue weighted by Gasteiger charge is -2.13. The molecule has 2 amide bonds. The largest absolute Gasteiger partial charge is 0.497 e. The van der Waals surface area contributed by atoms with Gasteiger partial charge in [-0.15, -0.1) is 0 Å². The van der Waals surface area contributed by atoms with Gasteiger partial charge in [-0.3, -0.25) is 9.59 Å². The number of thioether (sulfide) groups is 1. The van der Waals surface area contributed by atoms with Gasteiger partial charge in [-0.25, -0.2) is 9.78 Å². The molecule has 38 heavy (non-hydrogen) atoms. The summed E-state index contributed by atoms with van der Waals surface area (Å²) in [5.74, 6) is 0.225. The Hall–Kier alpha value is -4.45. The predicted octanol–water partition coefficient (Wildman–Crippen LogP) is 3.64. The highest BCUT2D eigenvalue weighted by Gasteiger charge is 2.18. The second-order valence-corrected chi connectivity index (χ2v) is 8.41. The number of benzene rings is 2. The smallest absolute Gasteiger partial charge is 0.341 e. The van der Waals surface area contributed by atoms with E-state index in [0.717, 1.165) is 11.8 Å². The average molecular weight is 542 g/mol. The summed E-state index contributed by atoms with van der Waals surface area (Å²) in [4.78, 5) is 41.9. The molecular formula is C26H27N3O8S. The van der Waals surface area contributed by atoms with Crippen LogP contribution in [0, 0.1) is 0 Å². The molecule has 11 nitrogen and oxygen atoms in total. The number of aromatic nitrogens is 1. The highest BCUT2D eigenvalue weighted by atomic mass is 32.2. The van der Waals surface area contributed by atoms with Crippen LogP contribution in [-0.2, 0) is 14.3 Å². The van der Waals surface area contributed by atoms with E-state index >= 15 is 0 Å². The van der Waals surface area contributed by atoms with Crippen molar-refractivity contribution in [2.75, 3.05) is 51.4 Å². The molecule has 2 aromatic carbocycles. The van der Waals surface area contributed by atoms with E-state index in [4.69, 9.17) is 23.7 Å². The number of hydrogen-bond acceptors (Lipinski definition) is 10. The van der Waals surface area contributed by atoms with Crippen LogP contribution in [0.3, 0.4) is 0 Å². The molecule has 3 rings (SSSR count). The molecule has 1 aromatic heterocycles. The zero-order chi connectivity index (χ0) is 27.5. The summed E-state index contributed by atoms with van der Waals surface area (Å²) in [6.07, 6.45) is 1.49. The van der Waals surface area contributed by atoms with Crippen molar-refractivity contribution in [3.05, 3.63) is 60.3 Å². The second kappa shape index (κ2) is 13.7. The Labute approximate surface area is 223 Å². The van der Waals surface area contributed by atoms with E-state index in [9.17, 15) is 14.4 Å². The normalized spacial score (nSPS) is 10.2. The lowest BCUT2D eigenvalue weighted by Crippen LogP contribution is -2.21. The fraction of sp³-hybridized carbons (Fsp3) is 0.231. The Bertz CT molecular complexity index is 1300. The van der Waals surface area contributed by atoms with Gasteiger partial charge in [0.2, 0.25) is 5.91 Å². The van der Waals surface area contributed by atoms with Gasteiger partial charge in [-0.2, -0.15) is 0 Å². The predicted molar refractivity (Wildman–Crippen MR) is 142 cm³/mol. The van der Waals surface area contributed by atoms with Gasteiger partial charge in [0.1, 0.15) is 28.0 Å². The molecule has 0 unspecified atom stereocenters. The summed E-state index contributed by atoms with van der Waals surface area (Å²) in [7, 11) is 5.97. The lowest BCUT2D eigenvalue weighted by atomic mass is 10.2. The standard InChI is InChI=1S/C26H27N3O8S/c1-33-16-7-9-21(35-3)19(12-16)28-23(30)14-37-26(32)18-6-5-11-27-25(18)38-15-24(31)29-20-13-17(34-2)8-10-22(20)36-4/h5-13H,14-15H2,1-4H3,(H,28,30)(H,29,31). The van der Waals surface area contributed by atoms with Crippen molar-refractivity contribution in [1.82, 2.24) is 4.98 Å². The van der Waals surface area contributed by atoms with Crippen LogP contribution in [0.5, 0.6) is 23.0 Å². The number of amides is 2. The van der Waals surface area contributed by atoms with Crippen LogP contribution < -0.4 is 29.6 Å². The van der Waals surface area contributed by atoms with Gasteiger partial charge in [0.25, 0.3) is 5.91 Å². The number of carbonyl (C=O) groups excluding carboxylic acids is 3. The molecule has 0 bridgehead atoms. The summed E-state index contributed by atoms with van der Waals surface area (Å²) in [6.45, 7) is -0.547. The Morgan fingerprint density at radius 3 is 1.92 bits per heavy atom.